The molecule has 0 saturated heterocycles. The van der Waals surface area contributed by atoms with Crippen LogP contribution in [-0.2, 0) is 19.1 Å². The first kappa shape index (κ1) is 17.5. The van der Waals surface area contributed by atoms with Crippen LogP contribution in [0.4, 0.5) is 0 Å². The highest BCUT2D eigenvalue weighted by Crippen LogP contribution is 2.39. The molecule has 0 aliphatic heterocycles. The first-order chi connectivity index (χ1) is 11.2. The molecular formula is C19H26O4. The van der Waals surface area contributed by atoms with Crippen LogP contribution < -0.4 is 0 Å². The van der Waals surface area contributed by atoms with Crippen LogP contribution in [0.1, 0.15) is 51.0 Å². The molecule has 126 valence electrons. The molecule has 0 N–H and O–H groups in total. The van der Waals surface area contributed by atoms with Gasteiger partial charge < -0.3 is 9.47 Å². The normalized spacial score (nSPS) is 21.0. The van der Waals surface area contributed by atoms with Crippen molar-refractivity contribution in [3.05, 3.63) is 35.9 Å². The summed E-state index contributed by atoms with van der Waals surface area (Å²) in [5, 5.41) is 0. The van der Waals surface area contributed by atoms with Gasteiger partial charge in [0.1, 0.15) is 0 Å². The average Bonchev–Trinajstić information content (AvgIpc) is 2.57. The lowest BCUT2D eigenvalue weighted by Crippen LogP contribution is -2.36. The van der Waals surface area contributed by atoms with E-state index in [0.717, 1.165) is 25.7 Å². The molecule has 0 spiro atoms. The fourth-order valence-corrected chi connectivity index (χ4v) is 3.46. The van der Waals surface area contributed by atoms with E-state index in [1.807, 2.05) is 6.07 Å². The average molecular weight is 318 g/mol. The van der Waals surface area contributed by atoms with Gasteiger partial charge in [-0.3, -0.25) is 9.59 Å². The quantitative estimate of drug-likeness (QED) is 0.593. The molecule has 0 bridgehead atoms. The molecule has 0 heterocycles. The summed E-state index contributed by atoms with van der Waals surface area (Å²) in [7, 11) is 0. The van der Waals surface area contributed by atoms with Crippen molar-refractivity contribution in [2.45, 2.75) is 45.4 Å². The molecule has 0 atom stereocenters. The second kappa shape index (κ2) is 8.70. The van der Waals surface area contributed by atoms with E-state index in [4.69, 9.17) is 9.47 Å². The van der Waals surface area contributed by atoms with Gasteiger partial charge >= 0.3 is 11.9 Å². The standard InChI is InChI=1S/C19H26O4/c1-3-22-18(20)17(19(21)23-4-2)16-12-10-15(11-13-16)14-8-6-5-7-9-14/h5-9,15-17H,3-4,10-13H2,1-2H3. The summed E-state index contributed by atoms with van der Waals surface area (Å²) in [5.41, 5.74) is 1.34. The van der Waals surface area contributed by atoms with Crippen molar-refractivity contribution in [3.8, 4) is 0 Å². The maximum Gasteiger partial charge on any atom is 0.320 e. The first-order valence-corrected chi connectivity index (χ1v) is 8.55. The van der Waals surface area contributed by atoms with Crippen LogP contribution in [0.15, 0.2) is 30.3 Å². The molecule has 1 saturated carbocycles. The smallest absolute Gasteiger partial charge is 0.320 e. The van der Waals surface area contributed by atoms with E-state index in [1.54, 1.807) is 13.8 Å². The van der Waals surface area contributed by atoms with Crippen molar-refractivity contribution in [1.82, 2.24) is 0 Å². The Morgan fingerprint density at radius 3 is 1.96 bits per heavy atom. The highest BCUT2D eigenvalue weighted by molar-refractivity contribution is 5.95. The number of carbonyl (C=O) groups is 2. The van der Waals surface area contributed by atoms with E-state index in [-0.39, 0.29) is 19.1 Å². The van der Waals surface area contributed by atoms with E-state index in [0.29, 0.717) is 5.92 Å². The number of ether oxygens (including phenoxy) is 2. The summed E-state index contributed by atoms with van der Waals surface area (Å²) in [6, 6.07) is 10.4. The van der Waals surface area contributed by atoms with Crippen LogP contribution in [0.5, 0.6) is 0 Å². The topological polar surface area (TPSA) is 52.6 Å². The van der Waals surface area contributed by atoms with Gasteiger partial charge in [-0.1, -0.05) is 30.3 Å². The summed E-state index contributed by atoms with van der Waals surface area (Å²) in [5.74, 6) is -1.11. The maximum absolute atomic E-state index is 12.2. The van der Waals surface area contributed by atoms with Gasteiger partial charge in [0.25, 0.3) is 0 Å². The molecule has 1 aromatic rings. The number of hydrogen-bond acceptors (Lipinski definition) is 4. The molecular weight excluding hydrogens is 292 g/mol. The zero-order chi connectivity index (χ0) is 16.7. The largest absolute Gasteiger partial charge is 0.465 e. The third-order valence-electron chi connectivity index (χ3n) is 4.60. The molecule has 0 aromatic heterocycles. The second-order valence-electron chi connectivity index (χ2n) is 6.00. The summed E-state index contributed by atoms with van der Waals surface area (Å²) in [4.78, 5) is 24.4. The summed E-state index contributed by atoms with van der Waals surface area (Å²) >= 11 is 0. The van der Waals surface area contributed by atoms with Gasteiger partial charge in [0.15, 0.2) is 5.92 Å². The number of benzene rings is 1. The highest BCUT2D eigenvalue weighted by atomic mass is 16.6. The molecule has 1 aromatic carbocycles. The second-order valence-corrected chi connectivity index (χ2v) is 6.00. The molecule has 0 unspecified atom stereocenters. The molecule has 1 aliphatic carbocycles. The van der Waals surface area contributed by atoms with E-state index in [1.165, 1.54) is 5.56 Å². The summed E-state index contributed by atoms with van der Waals surface area (Å²) in [6.45, 7) is 4.08. The number of rotatable bonds is 6. The first-order valence-electron chi connectivity index (χ1n) is 8.55. The molecule has 0 amide bonds. The van der Waals surface area contributed by atoms with Crippen LogP contribution in [0.3, 0.4) is 0 Å². The Hall–Kier alpha value is -1.84. The van der Waals surface area contributed by atoms with E-state index in [9.17, 15) is 9.59 Å². The molecule has 23 heavy (non-hydrogen) atoms. The highest BCUT2D eigenvalue weighted by Gasteiger charge is 2.39. The van der Waals surface area contributed by atoms with Crippen molar-refractivity contribution >= 4 is 11.9 Å². The van der Waals surface area contributed by atoms with Crippen LogP contribution in [0, 0.1) is 11.8 Å². The van der Waals surface area contributed by atoms with Gasteiger partial charge in [0.05, 0.1) is 13.2 Å². The maximum atomic E-state index is 12.2. The van der Waals surface area contributed by atoms with Crippen LogP contribution in [-0.4, -0.2) is 25.2 Å². The molecule has 4 nitrogen and oxygen atoms in total. The summed E-state index contributed by atoms with van der Waals surface area (Å²) in [6.07, 6.45) is 3.68. The van der Waals surface area contributed by atoms with Gasteiger partial charge in [0, 0.05) is 0 Å². The predicted octanol–water partition coefficient (Wildman–Crippen LogP) is 3.70. The number of hydrogen-bond donors (Lipinski definition) is 0. The third-order valence-corrected chi connectivity index (χ3v) is 4.60. The van der Waals surface area contributed by atoms with Crippen LogP contribution >= 0.6 is 0 Å². The Morgan fingerprint density at radius 2 is 1.48 bits per heavy atom. The van der Waals surface area contributed by atoms with Gasteiger partial charge in [-0.15, -0.1) is 0 Å². The van der Waals surface area contributed by atoms with Crippen LogP contribution in [0.25, 0.3) is 0 Å². The Morgan fingerprint density at radius 1 is 0.957 bits per heavy atom. The SMILES string of the molecule is CCOC(=O)C(C(=O)OCC)C1CCC(c2ccccc2)CC1. The molecule has 4 heteroatoms. The van der Waals surface area contributed by atoms with Crippen molar-refractivity contribution in [1.29, 1.82) is 0 Å². The third kappa shape index (κ3) is 4.57. The van der Waals surface area contributed by atoms with E-state index < -0.39 is 17.9 Å². The lowest BCUT2D eigenvalue weighted by molar-refractivity contribution is -0.165. The summed E-state index contributed by atoms with van der Waals surface area (Å²) < 4.78 is 10.2. The van der Waals surface area contributed by atoms with E-state index in [2.05, 4.69) is 24.3 Å². The van der Waals surface area contributed by atoms with Crippen molar-refractivity contribution < 1.29 is 19.1 Å². The Balaban J connectivity index is 2.01. The minimum atomic E-state index is -0.772. The molecule has 1 fully saturated rings. The van der Waals surface area contributed by atoms with Gasteiger partial charge in [0.2, 0.25) is 0 Å². The number of esters is 2. The molecule has 1 aliphatic rings. The lowest BCUT2D eigenvalue weighted by Gasteiger charge is -2.32. The molecule has 0 radical (unpaired) electrons. The minimum absolute atomic E-state index is 0.0214. The van der Waals surface area contributed by atoms with Crippen molar-refractivity contribution in [2.24, 2.45) is 11.8 Å². The zero-order valence-corrected chi connectivity index (χ0v) is 14.0. The van der Waals surface area contributed by atoms with E-state index >= 15 is 0 Å². The Labute approximate surface area is 138 Å². The number of carbonyl (C=O) groups excluding carboxylic acids is 2. The van der Waals surface area contributed by atoms with Crippen LogP contribution in [0.2, 0.25) is 0 Å². The predicted molar refractivity (Wildman–Crippen MR) is 87.9 cm³/mol. The van der Waals surface area contributed by atoms with Gasteiger partial charge in [-0.2, -0.15) is 0 Å². The lowest BCUT2D eigenvalue weighted by atomic mass is 9.73. The zero-order valence-electron chi connectivity index (χ0n) is 14.0. The van der Waals surface area contributed by atoms with Gasteiger partial charge in [-0.05, 0) is 56.9 Å². The Bertz CT molecular complexity index is 485. The fourth-order valence-electron chi connectivity index (χ4n) is 3.46. The van der Waals surface area contributed by atoms with Gasteiger partial charge in [-0.25, -0.2) is 0 Å². The minimum Gasteiger partial charge on any atom is -0.465 e. The van der Waals surface area contributed by atoms with Crippen molar-refractivity contribution in [3.63, 3.8) is 0 Å². The Kier molecular flexibility index (Phi) is 6.63. The monoisotopic (exact) mass is 318 g/mol. The van der Waals surface area contributed by atoms with Crippen molar-refractivity contribution in [2.75, 3.05) is 13.2 Å². The fraction of sp³-hybridized carbons (Fsp3) is 0.579. The molecule has 2 rings (SSSR count).